The average Bonchev–Trinajstić information content (AvgIpc) is 3.83. The van der Waals surface area contributed by atoms with Gasteiger partial charge < -0.3 is 38.3 Å². The van der Waals surface area contributed by atoms with E-state index in [1.165, 1.54) is 31.2 Å². The average molecular weight is 854 g/mol. The minimum Gasteiger partial charge on any atom is -0.456 e. The number of ether oxygens (including phenoxy) is 5. The van der Waals surface area contributed by atoms with Crippen LogP contribution in [0.15, 0.2) is 30.9 Å². The second-order valence-corrected chi connectivity index (χ2v) is 17.6. The van der Waals surface area contributed by atoms with Gasteiger partial charge in [-0.2, -0.15) is 4.39 Å². The maximum absolute atomic E-state index is 14.8. The SMILES string of the molecule is C#C[C@]12OC(=O)N(CCCCCn3cnc(-c4ccc(F)nc4)c3)[C@@H]1[C@@H](C)C(=O)[C@H](C)C[C@](C)(OC)[C@H](OC1O[C@H](C)C[C@H](N(C)C)[C@H]1O)[C@@H](C)C(=O)[C@@H](C)C(=O)O[C@@H]2CC. The lowest BCUT2D eigenvalue weighted by Crippen LogP contribution is -2.60. The first kappa shape index (κ1) is 47.8. The van der Waals surface area contributed by atoms with Crippen LogP contribution in [-0.2, 0) is 44.6 Å². The monoisotopic (exact) mass is 853 g/mol. The number of nitrogens with zero attached hydrogens (tertiary/aromatic N) is 5. The molecule has 3 saturated heterocycles. The minimum atomic E-state index is -1.85. The molecule has 3 aliphatic heterocycles. The highest BCUT2D eigenvalue weighted by molar-refractivity contribution is 6.00. The Hall–Kier alpha value is -4.27. The summed E-state index contributed by atoms with van der Waals surface area (Å²) in [5.41, 5.74) is -1.81. The van der Waals surface area contributed by atoms with E-state index in [4.69, 9.17) is 30.1 Å². The number of amides is 1. The predicted octanol–water partition coefficient (Wildman–Crippen LogP) is 5.07. The van der Waals surface area contributed by atoms with Gasteiger partial charge in [0, 0.05) is 62.0 Å². The number of Topliss-reactive ketones (excluding diaryl/α,β-unsaturated/α-hetero) is 2. The van der Waals surface area contributed by atoms with Gasteiger partial charge in [0.05, 0.1) is 35.9 Å². The van der Waals surface area contributed by atoms with Crippen molar-refractivity contribution in [3.05, 3.63) is 36.8 Å². The number of aliphatic hydroxyl groups excluding tert-OH is 1. The summed E-state index contributed by atoms with van der Waals surface area (Å²) in [6.07, 6.45) is 8.41. The van der Waals surface area contributed by atoms with Gasteiger partial charge in [-0.1, -0.05) is 33.6 Å². The summed E-state index contributed by atoms with van der Waals surface area (Å²) < 4.78 is 46.3. The number of ketones is 2. The van der Waals surface area contributed by atoms with E-state index in [0.29, 0.717) is 37.1 Å². The Morgan fingerprint density at radius 3 is 2.36 bits per heavy atom. The van der Waals surface area contributed by atoms with Gasteiger partial charge in [-0.05, 0) is 85.5 Å². The number of pyridine rings is 1. The fraction of sp³-hybridized carbons (Fsp3) is 0.689. The molecule has 3 aliphatic rings. The number of carbonyl (C=O) groups excluding carboxylic acids is 4. The third kappa shape index (κ3) is 10.0. The Morgan fingerprint density at radius 1 is 1.03 bits per heavy atom. The first-order chi connectivity index (χ1) is 28.8. The summed E-state index contributed by atoms with van der Waals surface area (Å²) in [6.45, 7) is 12.7. The number of fused-ring (bicyclic) bond motifs is 1. The van der Waals surface area contributed by atoms with Crippen LogP contribution in [-0.4, -0.2) is 135 Å². The zero-order valence-corrected chi connectivity index (χ0v) is 37.2. The van der Waals surface area contributed by atoms with Crippen molar-refractivity contribution in [2.24, 2.45) is 23.7 Å². The number of cyclic esters (lactones) is 1. The molecular weight excluding hydrogens is 790 g/mol. The molecule has 2 aromatic rings. The van der Waals surface area contributed by atoms with Gasteiger partial charge in [0.2, 0.25) is 11.5 Å². The number of halogens is 1. The summed E-state index contributed by atoms with van der Waals surface area (Å²) >= 11 is 0. The number of likely N-dealkylation sites (N-methyl/N-ethyl adjacent to an activating group) is 1. The van der Waals surface area contributed by atoms with Crippen LogP contribution in [0.2, 0.25) is 0 Å². The van der Waals surface area contributed by atoms with Gasteiger partial charge in [-0.15, -0.1) is 6.42 Å². The largest absolute Gasteiger partial charge is 0.456 e. The molecule has 0 spiro atoms. The van der Waals surface area contributed by atoms with Crippen molar-refractivity contribution in [3.8, 4) is 23.6 Å². The minimum absolute atomic E-state index is 0.0681. The molecule has 3 fully saturated rings. The fourth-order valence-corrected chi connectivity index (χ4v) is 9.45. The molecule has 5 rings (SSSR count). The lowest BCUT2D eigenvalue weighted by Gasteiger charge is -2.47. The molecule has 16 heteroatoms. The van der Waals surface area contributed by atoms with Gasteiger partial charge in [0.1, 0.15) is 17.8 Å². The van der Waals surface area contributed by atoms with E-state index in [2.05, 4.69) is 15.9 Å². The summed E-state index contributed by atoms with van der Waals surface area (Å²) in [4.78, 5) is 68.5. The highest BCUT2D eigenvalue weighted by Crippen LogP contribution is 2.43. The van der Waals surface area contributed by atoms with E-state index < -0.39 is 89.3 Å². The second kappa shape index (κ2) is 19.8. The smallest absolute Gasteiger partial charge is 0.411 e. The number of aromatic nitrogens is 3. The van der Waals surface area contributed by atoms with E-state index in [-0.39, 0.29) is 37.3 Å². The number of methoxy groups -OCH3 is 1. The first-order valence-electron chi connectivity index (χ1n) is 21.4. The zero-order chi connectivity index (χ0) is 45.0. The second-order valence-electron chi connectivity index (χ2n) is 17.6. The molecule has 1 amide bonds. The molecule has 61 heavy (non-hydrogen) atoms. The summed E-state index contributed by atoms with van der Waals surface area (Å²) in [5.74, 6) is -3.47. The topological polar surface area (TPSA) is 172 Å². The van der Waals surface area contributed by atoms with E-state index in [1.807, 2.05) is 36.7 Å². The van der Waals surface area contributed by atoms with Crippen molar-refractivity contribution in [2.45, 2.75) is 148 Å². The van der Waals surface area contributed by atoms with Crippen molar-refractivity contribution in [3.63, 3.8) is 0 Å². The van der Waals surface area contributed by atoms with E-state index in [1.54, 1.807) is 47.0 Å². The van der Waals surface area contributed by atoms with Crippen LogP contribution in [0.25, 0.3) is 11.3 Å². The fourth-order valence-electron chi connectivity index (χ4n) is 9.45. The molecule has 2 aromatic heterocycles. The number of hydrogen-bond donors (Lipinski definition) is 1. The number of aryl methyl sites for hydroxylation is 1. The van der Waals surface area contributed by atoms with Crippen LogP contribution >= 0.6 is 0 Å². The summed E-state index contributed by atoms with van der Waals surface area (Å²) in [6, 6.07) is 1.57. The molecule has 15 nitrogen and oxygen atoms in total. The number of carbonyl (C=O) groups is 4. The highest BCUT2D eigenvalue weighted by atomic mass is 19.1. The standard InChI is InChI=1S/C45H64FN5O10/c1-12-34-45(13-2)39(51(43(56)61-45)20-16-14-15-19-50-24-32(48-25-50)31-17-18-35(46)47-23-31)28(5)36(52)26(3)22-44(8,57-11)40(29(6)37(53)30(7)41(55)59-34)60-42-38(54)33(49(9)10)21-27(4)58-42/h2,17-18,23-30,33-34,38-40,42,54H,12,14-16,19-22H2,1,3-11H3/t26-,27-,28+,29+,30-,33+,34-,38-,39-,40-,42?,44+,45-/m1/s1. The molecule has 0 aromatic carbocycles. The number of rotatable bonds is 12. The number of imidazole rings is 1. The maximum Gasteiger partial charge on any atom is 0.411 e. The molecule has 1 unspecified atom stereocenters. The molecular formula is C45H64FN5O10. The van der Waals surface area contributed by atoms with E-state index in [9.17, 15) is 28.7 Å². The number of esters is 1. The first-order valence-corrected chi connectivity index (χ1v) is 21.4. The van der Waals surface area contributed by atoms with Crippen LogP contribution in [0.3, 0.4) is 0 Å². The maximum atomic E-state index is 14.8. The lowest BCUT2D eigenvalue weighted by atomic mass is 9.73. The highest BCUT2D eigenvalue weighted by Gasteiger charge is 2.62. The van der Waals surface area contributed by atoms with Gasteiger partial charge >= 0.3 is 12.1 Å². The molecule has 0 aliphatic carbocycles. The van der Waals surface area contributed by atoms with Gasteiger partial charge in [0.15, 0.2) is 18.2 Å². The van der Waals surface area contributed by atoms with Crippen LogP contribution in [0, 0.1) is 42.0 Å². The Morgan fingerprint density at radius 2 is 1.74 bits per heavy atom. The quantitative estimate of drug-likeness (QED) is 0.0988. The zero-order valence-electron chi connectivity index (χ0n) is 37.2. The molecule has 0 radical (unpaired) electrons. The Bertz CT molecular complexity index is 1900. The van der Waals surface area contributed by atoms with Crippen LogP contribution in [0.5, 0.6) is 0 Å². The number of terminal acetylenes is 1. The van der Waals surface area contributed by atoms with Gasteiger partial charge in [0.25, 0.3) is 0 Å². The number of unbranched alkanes of at least 4 members (excludes halogenated alkanes) is 2. The Balaban J connectivity index is 1.42. The number of aliphatic hydroxyl groups is 1. The van der Waals surface area contributed by atoms with Crippen molar-refractivity contribution in [1.29, 1.82) is 0 Å². The van der Waals surface area contributed by atoms with Crippen molar-refractivity contribution < 1.29 is 52.4 Å². The Labute approximate surface area is 359 Å². The van der Waals surface area contributed by atoms with Crippen molar-refractivity contribution in [1.82, 2.24) is 24.3 Å². The summed E-state index contributed by atoms with van der Waals surface area (Å²) in [5, 5.41) is 11.4. The van der Waals surface area contributed by atoms with Crippen LogP contribution < -0.4 is 0 Å². The van der Waals surface area contributed by atoms with Crippen molar-refractivity contribution in [2.75, 3.05) is 27.7 Å². The van der Waals surface area contributed by atoms with E-state index >= 15 is 0 Å². The van der Waals surface area contributed by atoms with Crippen LogP contribution in [0.1, 0.15) is 87.0 Å². The molecule has 1 N–H and O–H groups in total. The Kier molecular flexibility index (Phi) is 15.5. The predicted molar refractivity (Wildman–Crippen MR) is 222 cm³/mol. The van der Waals surface area contributed by atoms with E-state index in [0.717, 1.165) is 6.42 Å². The molecule has 336 valence electrons. The third-order valence-corrected chi connectivity index (χ3v) is 13.0. The van der Waals surface area contributed by atoms with Crippen LogP contribution in [0.4, 0.5) is 9.18 Å². The lowest BCUT2D eigenvalue weighted by molar-refractivity contribution is -0.295. The molecule has 13 atom stereocenters. The summed E-state index contributed by atoms with van der Waals surface area (Å²) in [7, 11) is 5.18. The molecule has 5 heterocycles. The van der Waals surface area contributed by atoms with Crippen molar-refractivity contribution >= 4 is 23.6 Å². The molecule has 0 saturated carbocycles. The molecule has 0 bridgehead atoms. The van der Waals surface area contributed by atoms with Gasteiger partial charge in [-0.25, -0.2) is 14.8 Å². The van der Waals surface area contributed by atoms with Gasteiger partial charge in [-0.3, -0.25) is 19.3 Å². The number of hydrogen-bond acceptors (Lipinski definition) is 13. The third-order valence-electron chi connectivity index (χ3n) is 13.0. The normalized spacial score (nSPS) is 35.3.